The van der Waals surface area contributed by atoms with Crippen LogP contribution in [0.3, 0.4) is 0 Å². The zero-order chi connectivity index (χ0) is 12.7. The summed E-state index contributed by atoms with van der Waals surface area (Å²) in [6.45, 7) is 9.47. The van der Waals surface area contributed by atoms with E-state index in [1.54, 1.807) is 7.11 Å². The van der Waals surface area contributed by atoms with E-state index in [0.717, 1.165) is 32.1 Å². The van der Waals surface area contributed by atoms with E-state index in [2.05, 4.69) is 35.6 Å². The Morgan fingerprint density at radius 1 is 1.41 bits per heavy atom. The first kappa shape index (κ1) is 14.0. The molecule has 0 aliphatic rings. The average Bonchev–Trinajstić information content (AvgIpc) is 2.74. The van der Waals surface area contributed by atoms with Crippen LogP contribution in [0.15, 0.2) is 12.4 Å². The van der Waals surface area contributed by atoms with Crippen LogP contribution in [-0.4, -0.2) is 29.8 Å². The van der Waals surface area contributed by atoms with Crippen molar-refractivity contribution in [1.29, 1.82) is 0 Å². The molecule has 0 spiro atoms. The first-order valence-corrected chi connectivity index (χ1v) is 6.39. The van der Waals surface area contributed by atoms with Crippen LogP contribution >= 0.6 is 0 Å². The lowest BCUT2D eigenvalue weighted by Gasteiger charge is -2.17. The Bertz CT molecular complexity index is 309. The molecule has 0 saturated heterocycles. The second kappa shape index (κ2) is 7.33. The molecule has 1 aromatic heterocycles. The van der Waals surface area contributed by atoms with Crippen molar-refractivity contribution >= 4 is 5.95 Å². The zero-order valence-electron chi connectivity index (χ0n) is 11.4. The van der Waals surface area contributed by atoms with Crippen LogP contribution in [0.25, 0.3) is 0 Å². The summed E-state index contributed by atoms with van der Waals surface area (Å²) in [7, 11) is 1.73. The molecule has 0 radical (unpaired) electrons. The number of hydrogen-bond acceptors (Lipinski definition) is 3. The number of hydrogen-bond donors (Lipinski definition) is 1. The van der Waals surface area contributed by atoms with Crippen LogP contribution in [0, 0.1) is 11.8 Å². The van der Waals surface area contributed by atoms with Gasteiger partial charge in [0.15, 0.2) is 0 Å². The summed E-state index contributed by atoms with van der Waals surface area (Å²) in [5.74, 6) is 2.31. The maximum atomic E-state index is 5.06. The highest BCUT2D eigenvalue weighted by molar-refractivity contribution is 5.25. The van der Waals surface area contributed by atoms with E-state index in [4.69, 9.17) is 4.74 Å². The molecule has 0 aliphatic carbocycles. The maximum Gasteiger partial charge on any atom is 0.202 e. The molecular formula is C13H25N3O. The summed E-state index contributed by atoms with van der Waals surface area (Å²) >= 11 is 0. The van der Waals surface area contributed by atoms with Gasteiger partial charge in [-0.1, -0.05) is 20.8 Å². The van der Waals surface area contributed by atoms with Crippen molar-refractivity contribution in [3.8, 4) is 0 Å². The van der Waals surface area contributed by atoms with Crippen LogP contribution < -0.4 is 5.32 Å². The minimum absolute atomic E-state index is 0.652. The lowest BCUT2D eigenvalue weighted by molar-refractivity contribution is 0.190. The van der Waals surface area contributed by atoms with Crippen molar-refractivity contribution in [3.05, 3.63) is 12.4 Å². The first-order valence-electron chi connectivity index (χ1n) is 6.39. The molecule has 4 nitrogen and oxygen atoms in total. The molecule has 0 bridgehead atoms. The van der Waals surface area contributed by atoms with Crippen LogP contribution in [-0.2, 0) is 11.3 Å². The number of imidazole rings is 1. The monoisotopic (exact) mass is 239 g/mol. The van der Waals surface area contributed by atoms with Gasteiger partial charge in [-0.25, -0.2) is 4.98 Å². The van der Waals surface area contributed by atoms with Gasteiger partial charge in [0, 0.05) is 39.2 Å². The van der Waals surface area contributed by atoms with Crippen LogP contribution in [0.2, 0.25) is 0 Å². The highest BCUT2D eigenvalue weighted by Crippen LogP contribution is 2.12. The Labute approximate surface area is 104 Å². The molecule has 0 aromatic carbocycles. The average molecular weight is 239 g/mol. The number of anilines is 1. The first-order chi connectivity index (χ1) is 8.15. The van der Waals surface area contributed by atoms with Gasteiger partial charge < -0.3 is 14.6 Å². The van der Waals surface area contributed by atoms with Gasteiger partial charge in [0.2, 0.25) is 5.95 Å². The molecule has 1 N–H and O–H groups in total. The highest BCUT2D eigenvalue weighted by atomic mass is 16.5. The molecule has 1 aromatic rings. The normalized spacial score (nSPS) is 13.0. The molecule has 0 fully saturated rings. The zero-order valence-corrected chi connectivity index (χ0v) is 11.4. The standard InChI is InChI=1S/C13H25N3O/c1-11(2)12(3)10-15-13-14-6-8-16(13)7-5-9-17-4/h6,8,11-12H,5,7,9-10H2,1-4H3,(H,14,15). The number of rotatable bonds is 8. The number of aromatic nitrogens is 2. The lowest BCUT2D eigenvalue weighted by atomic mass is 9.98. The fourth-order valence-corrected chi connectivity index (χ4v) is 1.52. The molecule has 1 unspecified atom stereocenters. The van der Waals surface area contributed by atoms with E-state index in [0.29, 0.717) is 11.8 Å². The second-order valence-corrected chi connectivity index (χ2v) is 4.89. The minimum atomic E-state index is 0.652. The summed E-state index contributed by atoms with van der Waals surface area (Å²) in [6.07, 6.45) is 4.87. The molecule has 1 heterocycles. The molecule has 0 saturated carbocycles. The number of nitrogens with one attached hydrogen (secondary N) is 1. The van der Waals surface area contributed by atoms with Crippen molar-refractivity contribution in [3.63, 3.8) is 0 Å². The summed E-state index contributed by atoms with van der Waals surface area (Å²) in [4.78, 5) is 4.34. The third kappa shape index (κ3) is 4.77. The summed E-state index contributed by atoms with van der Waals surface area (Å²) in [5, 5.41) is 3.41. The Balaban J connectivity index is 2.40. The number of nitrogens with zero attached hydrogens (tertiary/aromatic N) is 2. The van der Waals surface area contributed by atoms with Gasteiger partial charge in [0.05, 0.1) is 0 Å². The Hall–Kier alpha value is -1.03. The van der Waals surface area contributed by atoms with Gasteiger partial charge in [-0.2, -0.15) is 0 Å². The van der Waals surface area contributed by atoms with Gasteiger partial charge in [0.1, 0.15) is 0 Å². The molecule has 4 heteroatoms. The van der Waals surface area contributed by atoms with E-state index >= 15 is 0 Å². The second-order valence-electron chi connectivity index (χ2n) is 4.89. The van der Waals surface area contributed by atoms with Crippen molar-refractivity contribution in [2.24, 2.45) is 11.8 Å². The smallest absolute Gasteiger partial charge is 0.202 e. The predicted octanol–water partition coefficient (Wildman–Crippen LogP) is 2.62. The van der Waals surface area contributed by atoms with Crippen LogP contribution in [0.1, 0.15) is 27.2 Å². The minimum Gasteiger partial charge on any atom is -0.385 e. The van der Waals surface area contributed by atoms with Gasteiger partial charge in [-0.3, -0.25) is 0 Å². The van der Waals surface area contributed by atoms with Crippen molar-refractivity contribution in [2.75, 3.05) is 25.6 Å². The summed E-state index contributed by atoms with van der Waals surface area (Å²) in [5.41, 5.74) is 0. The van der Waals surface area contributed by atoms with Gasteiger partial charge in [-0.05, 0) is 18.3 Å². The van der Waals surface area contributed by atoms with Crippen LogP contribution in [0.5, 0.6) is 0 Å². The third-order valence-electron chi connectivity index (χ3n) is 3.18. The third-order valence-corrected chi connectivity index (χ3v) is 3.18. The maximum absolute atomic E-state index is 5.06. The van der Waals surface area contributed by atoms with E-state index in [-0.39, 0.29) is 0 Å². The molecule has 17 heavy (non-hydrogen) atoms. The molecule has 1 rings (SSSR count). The molecule has 98 valence electrons. The fourth-order valence-electron chi connectivity index (χ4n) is 1.52. The largest absolute Gasteiger partial charge is 0.385 e. The molecule has 0 amide bonds. The van der Waals surface area contributed by atoms with E-state index < -0.39 is 0 Å². The van der Waals surface area contributed by atoms with Gasteiger partial charge >= 0.3 is 0 Å². The van der Waals surface area contributed by atoms with Crippen molar-refractivity contribution in [2.45, 2.75) is 33.7 Å². The van der Waals surface area contributed by atoms with Gasteiger partial charge in [-0.15, -0.1) is 0 Å². The van der Waals surface area contributed by atoms with Gasteiger partial charge in [0.25, 0.3) is 0 Å². The predicted molar refractivity (Wildman–Crippen MR) is 71.2 cm³/mol. The fraction of sp³-hybridized carbons (Fsp3) is 0.769. The quantitative estimate of drug-likeness (QED) is 0.709. The molecule has 0 aliphatic heterocycles. The number of ether oxygens (including phenoxy) is 1. The summed E-state index contributed by atoms with van der Waals surface area (Å²) in [6, 6.07) is 0. The van der Waals surface area contributed by atoms with Crippen LogP contribution in [0.4, 0.5) is 5.95 Å². The van der Waals surface area contributed by atoms with E-state index in [1.807, 2.05) is 12.4 Å². The Kier molecular flexibility index (Phi) is 6.05. The number of methoxy groups -OCH3 is 1. The van der Waals surface area contributed by atoms with Crippen molar-refractivity contribution < 1.29 is 4.74 Å². The Morgan fingerprint density at radius 3 is 2.82 bits per heavy atom. The topological polar surface area (TPSA) is 39.1 Å². The molecular weight excluding hydrogens is 214 g/mol. The number of aryl methyl sites for hydroxylation is 1. The Morgan fingerprint density at radius 2 is 2.18 bits per heavy atom. The highest BCUT2D eigenvalue weighted by Gasteiger charge is 2.08. The van der Waals surface area contributed by atoms with E-state index in [1.165, 1.54) is 0 Å². The lowest BCUT2D eigenvalue weighted by Crippen LogP contribution is -2.18. The SMILES string of the molecule is COCCCn1ccnc1NCC(C)C(C)C. The molecule has 1 atom stereocenters. The van der Waals surface area contributed by atoms with E-state index in [9.17, 15) is 0 Å². The summed E-state index contributed by atoms with van der Waals surface area (Å²) < 4.78 is 7.20. The van der Waals surface area contributed by atoms with Crippen molar-refractivity contribution in [1.82, 2.24) is 9.55 Å².